The molecule has 0 aromatic heterocycles. The molecule has 0 aromatic rings. The van der Waals surface area contributed by atoms with Gasteiger partial charge in [0.15, 0.2) is 0 Å². The van der Waals surface area contributed by atoms with Gasteiger partial charge in [-0.25, -0.2) is 0 Å². The van der Waals surface area contributed by atoms with Gasteiger partial charge in [0.1, 0.15) is 0 Å². The number of carbonyl (C=O) groups excluding carboxylic acids is 1. The third-order valence-corrected chi connectivity index (χ3v) is 4.83. The summed E-state index contributed by atoms with van der Waals surface area (Å²) in [6.07, 6.45) is 5.13. The molecule has 20 heavy (non-hydrogen) atoms. The third-order valence-electron chi connectivity index (χ3n) is 4.83. The minimum Gasteiger partial charge on any atom is -0.481 e. The molecule has 2 unspecified atom stereocenters. The molecule has 2 N–H and O–H groups in total. The van der Waals surface area contributed by atoms with Crippen LogP contribution in [0.1, 0.15) is 52.4 Å². The van der Waals surface area contributed by atoms with Crippen LogP contribution in [-0.2, 0) is 9.59 Å². The van der Waals surface area contributed by atoms with Crippen molar-refractivity contribution < 1.29 is 14.7 Å². The number of carboxylic acid groups (broad SMARTS) is 1. The van der Waals surface area contributed by atoms with E-state index in [1.165, 1.54) is 0 Å². The van der Waals surface area contributed by atoms with E-state index in [0.29, 0.717) is 19.5 Å². The summed E-state index contributed by atoms with van der Waals surface area (Å²) in [7, 11) is 0. The minimum atomic E-state index is -0.793. The summed E-state index contributed by atoms with van der Waals surface area (Å²) in [6, 6.07) is 0. The molecular formula is C15H26N2O3. The molecule has 0 saturated carbocycles. The highest BCUT2D eigenvalue weighted by Crippen LogP contribution is 2.33. The predicted molar refractivity (Wildman–Crippen MR) is 76.4 cm³/mol. The number of aliphatic carboxylic acids is 1. The molecule has 2 aliphatic rings. The average Bonchev–Trinajstić information content (AvgIpc) is 2.88. The molecule has 114 valence electrons. The zero-order valence-electron chi connectivity index (χ0n) is 12.6. The number of hydrogen-bond donors (Lipinski definition) is 2. The van der Waals surface area contributed by atoms with Crippen LogP contribution in [0.3, 0.4) is 0 Å². The second-order valence-corrected chi connectivity index (χ2v) is 6.56. The second-order valence-electron chi connectivity index (χ2n) is 6.56. The first-order chi connectivity index (χ1) is 9.43. The van der Waals surface area contributed by atoms with Gasteiger partial charge in [0.2, 0.25) is 5.91 Å². The van der Waals surface area contributed by atoms with Gasteiger partial charge in [-0.2, -0.15) is 0 Å². The van der Waals surface area contributed by atoms with Gasteiger partial charge < -0.3 is 15.3 Å². The highest BCUT2D eigenvalue weighted by molar-refractivity contribution is 5.87. The average molecular weight is 282 g/mol. The van der Waals surface area contributed by atoms with Crippen LogP contribution in [-0.4, -0.2) is 47.1 Å². The van der Waals surface area contributed by atoms with E-state index >= 15 is 0 Å². The fourth-order valence-electron chi connectivity index (χ4n) is 3.63. The van der Waals surface area contributed by atoms with Crippen molar-refractivity contribution >= 4 is 11.9 Å². The van der Waals surface area contributed by atoms with E-state index in [1.54, 1.807) is 11.8 Å². The largest absolute Gasteiger partial charge is 0.481 e. The summed E-state index contributed by atoms with van der Waals surface area (Å²) in [5.41, 5.74) is -1.23. The first-order valence-electron chi connectivity index (χ1n) is 7.71. The van der Waals surface area contributed by atoms with Crippen LogP contribution in [0.4, 0.5) is 0 Å². The molecule has 2 heterocycles. The summed E-state index contributed by atoms with van der Waals surface area (Å²) in [5.74, 6) is -0.678. The van der Waals surface area contributed by atoms with E-state index in [0.717, 1.165) is 38.6 Å². The zero-order chi connectivity index (χ0) is 14.8. The van der Waals surface area contributed by atoms with Gasteiger partial charge in [-0.1, -0.05) is 13.3 Å². The van der Waals surface area contributed by atoms with E-state index < -0.39 is 16.9 Å². The van der Waals surface area contributed by atoms with Crippen molar-refractivity contribution in [3.8, 4) is 0 Å². The number of piperidine rings is 1. The van der Waals surface area contributed by atoms with E-state index in [1.807, 2.05) is 0 Å². The maximum Gasteiger partial charge on any atom is 0.311 e. The van der Waals surface area contributed by atoms with Crippen LogP contribution in [0.15, 0.2) is 0 Å². The molecule has 0 spiro atoms. The Kier molecular flexibility index (Phi) is 4.37. The van der Waals surface area contributed by atoms with Crippen LogP contribution in [0.5, 0.6) is 0 Å². The normalized spacial score (nSPS) is 34.2. The molecule has 2 rings (SSSR count). The molecular weight excluding hydrogens is 256 g/mol. The van der Waals surface area contributed by atoms with Crippen molar-refractivity contribution in [3.05, 3.63) is 0 Å². The summed E-state index contributed by atoms with van der Waals surface area (Å²) < 4.78 is 0. The van der Waals surface area contributed by atoms with Gasteiger partial charge in [0.25, 0.3) is 0 Å². The lowest BCUT2D eigenvalue weighted by molar-refractivity contribution is -0.155. The summed E-state index contributed by atoms with van der Waals surface area (Å²) in [5, 5.41) is 12.8. The predicted octanol–water partition coefficient (Wildman–Crippen LogP) is 1.62. The number of nitrogens with zero attached hydrogens (tertiary/aromatic N) is 1. The quantitative estimate of drug-likeness (QED) is 0.822. The van der Waals surface area contributed by atoms with Gasteiger partial charge in [0.05, 0.1) is 11.0 Å². The summed E-state index contributed by atoms with van der Waals surface area (Å²) in [4.78, 5) is 26.1. The van der Waals surface area contributed by atoms with E-state index in [-0.39, 0.29) is 5.91 Å². The standard InChI is InChI=1S/C15H26N2O3/c1-3-6-15(8-4-9-16-15)12(18)17-10-5-7-14(2,11-17)13(19)20/h16H,3-11H2,1-2H3,(H,19,20). The van der Waals surface area contributed by atoms with Gasteiger partial charge >= 0.3 is 5.97 Å². The van der Waals surface area contributed by atoms with Crippen LogP contribution >= 0.6 is 0 Å². The Morgan fingerprint density at radius 3 is 2.60 bits per heavy atom. The molecule has 2 saturated heterocycles. The van der Waals surface area contributed by atoms with Crippen molar-refractivity contribution in [3.63, 3.8) is 0 Å². The van der Waals surface area contributed by atoms with Gasteiger partial charge in [0, 0.05) is 13.1 Å². The summed E-state index contributed by atoms with van der Waals surface area (Å²) in [6.45, 7) is 5.76. The summed E-state index contributed by atoms with van der Waals surface area (Å²) >= 11 is 0. The molecule has 1 amide bonds. The Balaban J connectivity index is 2.13. The maximum atomic E-state index is 12.9. The Hall–Kier alpha value is -1.10. The van der Waals surface area contributed by atoms with Crippen molar-refractivity contribution in [2.24, 2.45) is 5.41 Å². The highest BCUT2D eigenvalue weighted by atomic mass is 16.4. The van der Waals surface area contributed by atoms with Crippen molar-refractivity contribution in [2.75, 3.05) is 19.6 Å². The Morgan fingerprint density at radius 1 is 1.30 bits per heavy atom. The minimum absolute atomic E-state index is 0.115. The zero-order valence-corrected chi connectivity index (χ0v) is 12.6. The van der Waals surface area contributed by atoms with Crippen molar-refractivity contribution in [1.29, 1.82) is 0 Å². The Morgan fingerprint density at radius 2 is 2.05 bits per heavy atom. The molecule has 5 heteroatoms. The van der Waals surface area contributed by atoms with Crippen LogP contribution < -0.4 is 5.32 Å². The van der Waals surface area contributed by atoms with Crippen molar-refractivity contribution in [1.82, 2.24) is 10.2 Å². The topological polar surface area (TPSA) is 69.6 Å². The van der Waals surface area contributed by atoms with Crippen molar-refractivity contribution in [2.45, 2.75) is 57.9 Å². The van der Waals surface area contributed by atoms with Crippen LogP contribution in [0.25, 0.3) is 0 Å². The highest BCUT2D eigenvalue weighted by Gasteiger charge is 2.46. The number of carboxylic acids is 1. The monoisotopic (exact) mass is 282 g/mol. The lowest BCUT2D eigenvalue weighted by Gasteiger charge is -2.42. The molecule has 2 fully saturated rings. The number of hydrogen-bond acceptors (Lipinski definition) is 3. The molecule has 5 nitrogen and oxygen atoms in total. The maximum absolute atomic E-state index is 12.9. The second kappa shape index (κ2) is 5.72. The van der Waals surface area contributed by atoms with Gasteiger partial charge in [-0.05, 0) is 45.6 Å². The first-order valence-corrected chi connectivity index (χ1v) is 7.71. The van der Waals surface area contributed by atoms with Gasteiger partial charge in [-0.3, -0.25) is 9.59 Å². The van der Waals surface area contributed by atoms with E-state index in [9.17, 15) is 14.7 Å². The fourth-order valence-corrected chi connectivity index (χ4v) is 3.63. The number of nitrogens with one attached hydrogen (secondary N) is 1. The Bertz CT molecular complexity index is 391. The van der Waals surface area contributed by atoms with Crippen LogP contribution in [0.2, 0.25) is 0 Å². The third kappa shape index (κ3) is 2.68. The number of likely N-dealkylation sites (tertiary alicyclic amines) is 1. The fraction of sp³-hybridized carbons (Fsp3) is 0.867. The lowest BCUT2D eigenvalue weighted by Crippen LogP contribution is -2.59. The Labute approximate surface area is 120 Å². The number of amides is 1. The molecule has 0 radical (unpaired) electrons. The SMILES string of the molecule is CCCC1(C(=O)N2CCCC(C)(C(=O)O)C2)CCCN1. The first kappa shape index (κ1) is 15.3. The van der Waals surface area contributed by atoms with Crippen LogP contribution in [0, 0.1) is 5.41 Å². The molecule has 2 atom stereocenters. The lowest BCUT2D eigenvalue weighted by atomic mass is 9.80. The number of carbonyl (C=O) groups is 2. The van der Waals surface area contributed by atoms with E-state index in [4.69, 9.17) is 0 Å². The molecule has 0 aromatic carbocycles. The molecule has 2 aliphatic heterocycles. The smallest absolute Gasteiger partial charge is 0.311 e. The van der Waals surface area contributed by atoms with Gasteiger partial charge in [-0.15, -0.1) is 0 Å². The molecule has 0 bridgehead atoms. The number of rotatable bonds is 4. The van der Waals surface area contributed by atoms with E-state index in [2.05, 4.69) is 12.2 Å². The molecule has 0 aliphatic carbocycles.